The first-order chi connectivity index (χ1) is 9.22. The lowest BCUT2D eigenvalue weighted by molar-refractivity contribution is 0.143. The first kappa shape index (κ1) is 13.4. The minimum absolute atomic E-state index is 0.378. The van der Waals surface area contributed by atoms with E-state index in [1.54, 1.807) is 7.11 Å². The summed E-state index contributed by atoms with van der Waals surface area (Å²) in [7, 11) is 1.80. The molecular weight excluding hydrogens is 258 g/mol. The Balaban J connectivity index is 1.83. The normalized spacial score (nSPS) is 32.4. The molecule has 1 aromatic carbocycles. The standard InChI is InChI=1S/C16H22ClNO/c1-3-5-11-6-4-7-12(14(11)17)15-13-8-16(13,9-18-15)10-19-2/h4,6-7,13,15,18H,3,5,8-10H2,1-2H3/t13-,15+,16+/m0/s1. The van der Waals surface area contributed by atoms with Crippen molar-refractivity contribution in [1.29, 1.82) is 0 Å². The third-order valence-electron chi connectivity index (χ3n) is 4.72. The molecule has 1 aliphatic heterocycles. The second-order valence-corrected chi connectivity index (χ2v) is 6.41. The molecule has 3 atom stereocenters. The van der Waals surface area contributed by atoms with E-state index < -0.39 is 0 Å². The van der Waals surface area contributed by atoms with Crippen LogP contribution in [0.15, 0.2) is 18.2 Å². The van der Waals surface area contributed by atoms with Gasteiger partial charge in [-0.25, -0.2) is 0 Å². The predicted molar refractivity (Wildman–Crippen MR) is 78.6 cm³/mol. The number of piperidine rings is 1. The Bertz CT molecular complexity index is 476. The third kappa shape index (κ3) is 2.20. The number of nitrogens with one attached hydrogen (secondary N) is 1. The Labute approximate surface area is 120 Å². The van der Waals surface area contributed by atoms with Gasteiger partial charge in [0.2, 0.25) is 0 Å². The number of ether oxygens (including phenoxy) is 1. The minimum atomic E-state index is 0.378. The van der Waals surface area contributed by atoms with Crippen LogP contribution in [0.4, 0.5) is 0 Å². The molecule has 0 aromatic heterocycles. The largest absolute Gasteiger partial charge is 0.384 e. The molecule has 2 fully saturated rings. The van der Waals surface area contributed by atoms with E-state index in [2.05, 4.69) is 30.4 Å². The second-order valence-electron chi connectivity index (χ2n) is 6.03. The number of hydrogen-bond acceptors (Lipinski definition) is 2. The Kier molecular flexibility index (Phi) is 3.59. The van der Waals surface area contributed by atoms with Gasteiger partial charge >= 0.3 is 0 Å². The molecular formula is C16H22ClNO. The van der Waals surface area contributed by atoms with E-state index in [9.17, 15) is 0 Å². The highest BCUT2D eigenvalue weighted by molar-refractivity contribution is 6.32. The summed E-state index contributed by atoms with van der Waals surface area (Å²) >= 11 is 6.60. The van der Waals surface area contributed by atoms with E-state index >= 15 is 0 Å². The molecule has 1 saturated heterocycles. The van der Waals surface area contributed by atoms with Crippen LogP contribution in [0.5, 0.6) is 0 Å². The number of fused-ring (bicyclic) bond motifs is 1. The van der Waals surface area contributed by atoms with E-state index in [1.807, 2.05) is 0 Å². The van der Waals surface area contributed by atoms with Crippen molar-refractivity contribution in [3.8, 4) is 0 Å². The lowest BCUT2D eigenvalue weighted by Gasteiger charge is -2.17. The Morgan fingerprint density at radius 2 is 2.32 bits per heavy atom. The molecule has 0 radical (unpaired) electrons. The van der Waals surface area contributed by atoms with Crippen LogP contribution in [0.3, 0.4) is 0 Å². The topological polar surface area (TPSA) is 21.3 Å². The van der Waals surface area contributed by atoms with E-state index in [4.69, 9.17) is 16.3 Å². The number of aryl methyl sites for hydroxylation is 1. The maximum absolute atomic E-state index is 6.60. The summed E-state index contributed by atoms with van der Waals surface area (Å²) in [5.41, 5.74) is 2.95. The molecule has 1 saturated carbocycles. The van der Waals surface area contributed by atoms with Gasteiger partial charge in [0.05, 0.1) is 6.61 Å². The summed E-state index contributed by atoms with van der Waals surface area (Å²) in [6.07, 6.45) is 3.47. The minimum Gasteiger partial charge on any atom is -0.384 e. The van der Waals surface area contributed by atoms with Crippen molar-refractivity contribution >= 4 is 11.6 Å². The molecule has 3 heteroatoms. The van der Waals surface area contributed by atoms with Crippen molar-refractivity contribution in [2.45, 2.75) is 32.2 Å². The highest BCUT2D eigenvalue weighted by Crippen LogP contribution is 2.62. The van der Waals surface area contributed by atoms with Crippen LogP contribution >= 0.6 is 11.6 Å². The van der Waals surface area contributed by atoms with E-state index in [0.29, 0.717) is 17.4 Å². The quantitative estimate of drug-likeness (QED) is 0.889. The van der Waals surface area contributed by atoms with Gasteiger partial charge in [-0.2, -0.15) is 0 Å². The molecule has 0 amide bonds. The molecule has 1 aliphatic carbocycles. The van der Waals surface area contributed by atoms with Gasteiger partial charge in [-0.15, -0.1) is 0 Å². The van der Waals surface area contributed by atoms with Crippen LogP contribution in [0.1, 0.15) is 36.9 Å². The molecule has 2 aliphatic rings. The van der Waals surface area contributed by atoms with Gasteiger partial charge in [0, 0.05) is 30.1 Å². The van der Waals surface area contributed by atoms with Gasteiger partial charge in [0.1, 0.15) is 0 Å². The van der Waals surface area contributed by atoms with Crippen LogP contribution in [-0.4, -0.2) is 20.3 Å². The van der Waals surface area contributed by atoms with Crippen molar-refractivity contribution in [1.82, 2.24) is 5.32 Å². The summed E-state index contributed by atoms with van der Waals surface area (Å²) in [6.45, 7) is 4.12. The highest BCUT2D eigenvalue weighted by atomic mass is 35.5. The first-order valence-electron chi connectivity index (χ1n) is 7.21. The molecule has 0 bridgehead atoms. The number of halogens is 1. The number of rotatable bonds is 5. The van der Waals surface area contributed by atoms with E-state index in [0.717, 1.165) is 31.0 Å². The summed E-state index contributed by atoms with van der Waals surface area (Å²) < 4.78 is 5.37. The van der Waals surface area contributed by atoms with Crippen molar-refractivity contribution in [2.75, 3.05) is 20.3 Å². The number of benzene rings is 1. The van der Waals surface area contributed by atoms with Crippen molar-refractivity contribution < 1.29 is 4.74 Å². The smallest absolute Gasteiger partial charge is 0.0534 e. The van der Waals surface area contributed by atoms with Crippen LogP contribution < -0.4 is 5.32 Å². The van der Waals surface area contributed by atoms with Crippen molar-refractivity contribution in [3.63, 3.8) is 0 Å². The highest BCUT2D eigenvalue weighted by Gasteiger charge is 2.62. The van der Waals surface area contributed by atoms with Gasteiger partial charge in [0.15, 0.2) is 0 Å². The molecule has 0 spiro atoms. The molecule has 3 rings (SSSR count). The molecule has 19 heavy (non-hydrogen) atoms. The van der Waals surface area contributed by atoms with Gasteiger partial charge in [-0.3, -0.25) is 0 Å². The number of hydrogen-bond donors (Lipinski definition) is 1. The molecule has 1 heterocycles. The third-order valence-corrected chi connectivity index (χ3v) is 5.19. The van der Waals surface area contributed by atoms with Crippen molar-refractivity contribution in [3.05, 3.63) is 34.3 Å². The maximum atomic E-state index is 6.60. The second kappa shape index (κ2) is 5.08. The first-order valence-corrected chi connectivity index (χ1v) is 7.59. The van der Waals surface area contributed by atoms with Crippen LogP contribution in [0, 0.1) is 11.3 Å². The van der Waals surface area contributed by atoms with Crippen LogP contribution in [0.2, 0.25) is 5.02 Å². The van der Waals surface area contributed by atoms with Crippen LogP contribution in [-0.2, 0) is 11.2 Å². The molecule has 1 N–H and O–H groups in total. The summed E-state index contributed by atoms with van der Waals surface area (Å²) in [4.78, 5) is 0. The zero-order chi connectivity index (χ0) is 13.5. The lowest BCUT2D eigenvalue weighted by atomic mass is 9.97. The average Bonchev–Trinajstić information content (AvgIpc) is 2.99. The summed E-state index contributed by atoms with van der Waals surface area (Å²) in [5.74, 6) is 0.696. The Hall–Kier alpha value is -0.570. The fourth-order valence-corrected chi connectivity index (χ4v) is 3.98. The monoisotopic (exact) mass is 279 g/mol. The van der Waals surface area contributed by atoms with Crippen molar-refractivity contribution in [2.24, 2.45) is 11.3 Å². The Morgan fingerprint density at radius 3 is 3.00 bits per heavy atom. The fourth-order valence-electron chi connectivity index (χ4n) is 3.64. The van der Waals surface area contributed by atoms with Gasteiger partial charge < -0.3 is 10.1 Å². The van der Waals surface area contributed by atoms with E-state index in [-0.39, 0.29) is 0 Å². The van der Waals surface area contributed by atoms with Gasteiger partial charge in [-0.1, -0.05) is 43.1 Å². The molecule has 1 aromatic rings. The zero-order valence-corrected chi connectivity index (χ0v) is 12.5. The molecule has 104 valence electrons. The maximum Gasteiger partial charge on any atom is 0.0534 e. The molecule has 0 unspecified atom stereocenters. The SMILES string of the molecule is CCCc1cccc([C@H]2NC[C@@]3(COC)C[C@@H]23)c1Cl. The fraction of sp³-hybridized carbons (Fsp3) is 0.625. The lowest BCUT2D eigenvalue weighted by Crippen LogP contribution is -2.22. The van der Waals surface area contributed by atoms with Gasteiger partial charge in [0.25, 0.3) is 0 Å². The summed E-state index contributed by atoms with van der Waals surface area (Å²) in [6, 6.07) is 6.89. The predicted octanol–water partition coefficient (Wildman–Crippen LogP) is 3.59. The zero-order valence-electron chi connectivity index (χ0n) is 11.7. The van der Waals surface area contributed by atoms with Gasteiger partial charge in [-0.05, 0) is 29.9 Å². The average molecular weight is 280 g/mol. The number of methoxy groups -OCH3 is 1. The Morgan fingerprint density at radius 1 is 1.47 bits per heavy atom. The summed E-state index contributed by atoms with van der Waals surface area (Å²) in [5, 5.41) is 4.62. The molecule has 2 nitrogen and oxygen atoms in total. The van der Waals surface area contributed by atoms with Crippen LogP contribution in [0.25, 0.3) is 0 Å². The van der Waals surface area contributed by atoms with E-state index in [1.165, 1.54) is 17.5 Å².